The quantitative estimate of drug-likeness (QED) is 0.602. The number of ether oxygens (including phenoxy) is 1. The van der Waals surface area contributed by atoms with E-state index in [4.69, 9.17) is 9.72 Å². The topological polar surface area (TPSA) is 88.9 Å². The Bertz CT molecular complexity index is 1150. The first-order valence-electron chi connectivity index (χ1n) is 10.5. The van der Waals surface area contributed by atoms with Crippen LogP contribution in [0.1, 0.15) is 13.3 Å². The molecule has 31 heavy (non-hydrogen) atoms. The lowest BCUT2D eigenvalue weighted by atomic mass is 10.3. The highest BCUT2D eigenvalue weighted by Gasteiger charge is 2.24. The average Bonchev–Trinajstić information content (AvgIpc) is 2.98. The highest BCUT2D eigenvalue weighted by atomic mass is 32.2. The van der Waals surface area contributed by atoms with Crippen LogP contribution in [-0.2, 0) is 10.0 Å². The van der Waals surface area contributed by atoms with Crippen molar-refractivity contribution in [2.24, 2.45) is 0 Å². The number of nitrogens with one attached hydrogen (secondary N) is 2. The molecule has 1 atom stereocenters. The van der Waals surface area contributed by atoms with Crippen molar-refractivity contribution in [3.8, 4) is 5.75 Å². The summed E-state index contributed by atoms with van der Waals surface area (Å²) >= 11 is 0. The van der Waals surface area contributed by atoms with Crippen molar-refractivity contribution in [2.75, 3.05) is 49.5 Å². The molecule has 0 bridgehead atoms. The molecule has 1 saturated heterocycles. The van der Waals surface area contributed by atoms with Crippen LogP contribution in [0.3, 0.4) is 0 Å². The first-order chi connectivity index (χ1) is 15.0. The largest absolute Gasteiger partial charge is 0.494 e. The average molecular weight is 443 g/mol. The van der Waals surface area contributed by atoms with Gasteiger partial charge in [-0.3, -0.25) is 4.72 Å². The van der Waals surface area contributed by atoms with Gasteiger partial charge >= 0.3 is 0 Å². The number of likely N-dealkylation sites (N-methyl/N-ethyl adjacent to an activating group) is 1. The zero-order valence-corrected chi connectivity index (χ0v) is 18.7. The van der Waals surface area contributed by atoms with Crippen molar-refractivity contribution < 1.29 is 18.1 Å². The van der Waals surface area contributed by atoms with Gasteiger partial charge in [0, 0.05) is 13.0 Å². The van der Waals surface area contributed by atoms with E-state index in [2.05, 4.69) is 21.7 Å². The summed E-state index contributed by atoms with van der Waals surface area (Å²) in [5.41, 5.74) is 1.39. The maximum absolute atomic E-state index is 13.1. The third-order valence-corrected chi connectivity index (χ3v) is 6.72. The lowest BCUT2D eigenvalue weighted by Gasteiger charge is -2.23. The van der Waals surface area contributed by atoms with Crippen molar-refractivity contribution in [3.63, 3.8) is 0 Å². The summed E-state index contributed by atoms with van der Waals surface area (Å²) in [6.45, 7) is 6.03. The Morgan fingerprint density at radius 1 is 1.03 bits per heavy atom. The molecule has 1 fully saturated rings. The Morgan fingerprint density at radius 2 is 1.74 bits per heavy atom. The van der Waals surface area contributed by atoms with Crippen LogP contribution in [0.4, 0.5) is 11.6 Å². The van der Waals surface area contributed by atoms with Gasteiger partial charge in [0.1, 0.15) is 5.75 Å². The number of benzene rings is 2. The maximum atomic E-state index is 13.1. The Labute approximate surface area is 182 Å². The predicted molar refractivity (Wildman–Crippen MR) is 121 cm³/mol. The van der Waals surface area contributed by atoms with Gasteiger partial charge in [0.05, 0.1) is 49.2 Å². The van der Waals surface area contributed by atoms with Crippen LogP contribution in [-0.4, -0.2) is 58.2 Å². The van der Waals surface area contributed by atoms with Gasteiger partial charge in [-0.15, -0.1) is 0 Å². The number of nitrogens with zero attached hydrogens (tertiary/aromatic N) is 3. The summed E-state index contributed by atoms with van der Waals surface area (Å²) in [6, 6.07) is 13.9. The standard InChI is InChI=1S/C22H27N5O3S/c1-3-30-17-9-11-18(12-10-17)31(28,29)25-21-22(27-14-6-13-26(2)15-16-27)24-20-8-5-4-7-19(20)23-21/h4-5,7-12H,3,6,13-16H2,1-2H3,(H,23,25)/p+1. The number of rotatable bonds is 6. The van der Waals surface area contributed by atoms with Crippen LogP contribution in [0, 0.1) is 0 Å². The van der Waals surface area contributed by atoms with E-state index in [1.165, 1.54) is 17.0 Å². The second-order valence-corrected chi connectivity index (χ2v) is 9.37. The molecule has 9 heteroatoms. The third kappa shape index (κ3) is 4.88. The molecular formula is C22H28N5O3S+. The molecule has 2 heterocycles. The van der Waals surface area contributed by atoms with Gasteiger partial charge in [-0.2, -0.15) is 0 Å². The van der Waals surface area contributed by atoms with Crippen LogP contribution in [0.15, 0.2) is 53.4 Å². The van der Waals surface area contributed by atoms with Gasteiger partial charge < -0.3 is 14.5 Å². The van der Waals surface area contributed by atoms with Gasteiger partial charge in [0.15, 0.2) is 11.6 Å². The smallest absolute Gasteiger partial charge is 0.263 e. The van der Waals surface area contributed by atoms with E-state index in [1.807, 2.05) is 31.2 Å². The number of hydrogen-bond acceptors (Lipinski definition) is 6. The van der Waals surface area contributed by atoms with Crippen molar-refractivity contribution in [2.45, 2.75) is 18.2 Å². The SMILES string of the molecule is CCOc1ccc(S(=O)(=O)Nc2nc3ccccc3nc2N2CCC[NH+](C)CC2)cc1. The lowest BCUT2D eigenvalue weighted by molar-refractivity contribution is -0.876. The lowest BCUT2D eigenvalue weighted by Crippen LogP contribution is -3.09. The minimum Gasteiger partial charge on any atom is -0.494 e. The third-order valence-electron chi connectivity index (χ3n) is 5.37. The number of quaternary nitrogens is 1. The zero-order chi connectivity index (χ0) is 21.8. The molecule has 3 aromatic rings. The molecule has 0 saturated carbocycles. The number of aromatic nitrogens is 2. The summed E-state index contributed by atoms with van der Waals surface area (Å²) in [6.07, 6.45) is 1.01. The highest BCUT2D eigenvalue weighted by molar-refractivity contribution is 7.92. The first-order valence-corrected chi connectivity index (χ1v) is 12.0. The van der Waals surface area contributed by atoms with E-state index in [9.17, 15) is 8.42 Å². The van der Waals surface area contributed by atoms with Crippen molar-refractivity contribution in [1.29, 1.82) is 0 Å². The van der Waals surface area contributed by atoms with Crippen LogP contribution in [0.5, 0.6) is 5.75 Å². The van der Waals surface area contributed by atoms with Crippen LogP contribution in [0.25, 0.3) is 11.0 Å². The fourth-order valence-corrected chi connectivity index (χ4v) is 4.70. The van der Waals surface area contributed by atoms with E-state index < -0.39 is 10.0 Å². The number of hydrogen-bond donors (Lipinski definition) is 2. The minimum absolute atomic E-state index is 0.150. The molecule has 1 aliphatic heterocycles. The van der Waals surface area contributed by atoms with Gasteiger partial charge in [-0.25, -0.2) is 18.4 Å². The molecule has 2 N–H and O–H groups in total. The van der Waals surface area contributed by atoms with E-state index in [0.29, 0.717) is 23.7 Å². The Morgan fingerprint density at radius 3 is 2.45 bits per heavy atom. The first kappa shape index (κ1) is 21.3. The summed E-state index contributed by atoms with van der Waals surface area (Å²) < 4.78 is 34.3. The molecule has 0 amide bonds. The Kier molecular flexibility index (Phi) is 6.24. The van der Waals surface area contributed by atoms with E-state index in [0.717, 1.165) is 38.1 Å². The van der Waals surface area contributed by atoms with Crippen molar-refractivity contribution in [1.82, 2.24) is 9.97 Å². The number of sulfonamides is 1. The van der Waals surface area contributed by atoms with Gasteiger partial charge in [-0.05, 0) is 43.3 Å². The molecule has 8 nitrogen and oxygen atoms in total. The van der Waals surface area contributed by atoms with Crippen molar-refractivity contribution >= 4 is 32.7 Å². The molecule has 164 valence electrons. The highest BCUT2D eigenvalue weighted by Crippen LogP contribution is 2.28. The molecular weight excluding hydrogens is 414 g/mol. The Balaban J connectivity index is 1.71. The fraction of sp³-hybridized carbons (Fsp3) is 0.364. The molecule has 2 aromatic carbocycles. The molecule has 1 aliphatic rings. The van der Waals surface area contributed by atoms with Crippen LogP contribution in [0.2, 0.25) is 0 Å². The fourth-order valence-electron chi connectivity index (χ4n) is 3.69. The molecule has 1 unspecified atom stereocenters. The molecule has 0 aliphatic carbocycles. The second-order valence-electron chi connectivity index (χ2n) is 7.69. The second kappa shape index (κ2) is 9.07. The van der Waals surface area contributed by atoms with E-state index >= 15 is 0 Å². The number of para-hydroxylation sites is 2. The summed E-state index contributed by atoms with van der Waals surface area (Å²) in [4.78, 5) is 13.2. The van der Waals surface area contributed by atoms with Gasteiger partial charge in [-0.1, -0.05) is 12.1 Å². The monoisotopic (exact) mass is 442 g/mol. The number of anilines is 2. The molecule has 0 spiro atoms. The van der Waals surface area contributed by atoms with Crippen LogP contribution >= 0.6 is 0 Å². The predicted octanol–water partition coefficient (Wildman–Crippen LogP) is 1.55. The molecule has 1 aromatic heterocycles. The molecule has 4 rings (SSSR count). The zero-order valence-electron chi connectivity index (χ0n) is 17.8. The van der Waals surface area contributed by atoms with E-state index in [1.54, 1.807) is 12.1 Å². The van der Waals surface area contributed by atoms with Gasteiger partial charge in [0.25, 0.3) is 10.0 Å². The van der Waals surface area contributed by atoms with Crippen molar-refractivity contribution in [3.05, 3.63) is 48.5 Å². The number of fused-ring (bicyclic) bond motifs is 1. The Hall–Kier alpha value is -2.91. The summed E-state index contributed by atoms with van der Waals surface area (Å²) in [5, 5.41) is 0. The normalized spacial score (nSPS) is 17.4. The van der Waals surface area contributed by atoms with E-state index in [-0.39, 0.29) is 10.7 Å². The minimum atomic E-state index is -3.83. The van der Waals surface area contributed by atoms with Crippen LogP contribution < -0.4 is 19.3 Å². The summed E-state index contributed by atoms with van der Waals surface area (Å²) in [7, 11) is -1.66. The molecule has 0 radical (unpaired) electrons. The van der Waals surface area contributed by atoms with Gasteiger partial charge in [0.2, 0.25) is 0 Å². The maximum Gasteiger partial charge on any atom is 0.263 e. The summed E-state index contributed by atoms with van der Waals surface area (Å²) in [5.74, 6) is 1.46.